The summed E-state index contributed by atoms with van der Waals surface area (Å²) in [6.45, 7) is 0. The molecular formula is C6H8F3NOS. The van der Waals surface area contributed by atoms with Crippen LogP contribution in [0.1, 0.15) is 12.8 Å². The first-order valence-corrected chi connectivity index (χ1v) is 4.54. The molecule has 0 spiro atoms. The molecule has 0 aliphatic carbocycles. The Morgan fingerprint density at radius 1 is 1.50 bits per heavy atom. The van der Waals surface area contributed by atoms with E-state index in [1.54, 1.807) is 0 Å². The molecule has 1 N–H and O–H groups in total. The van der Waals surface area contributed by atoms with Gasteiger partial charge in [0.1, 0.15) is 0 Å². The number of hydrogen-bond donors (Lipinski definition) is 1. The number of carbonyl (C=O) groups excluding carboxylic acids is 1. The average Bonchev–Trinajstić information content (AvgIpc) is 2.37. The van der Waals surface area contributed by atoms with E-state index in [1.165, 1.54) is 11.8 Å². The molecule has 1 rings (SSSR count). The fourth-order valence-corrected chi connectivity index (χ4v) is 2.06. The highest BCUT2D eigenvalue weighted by atomic mass is 32.2. The smallest absolute Gasteiger partial charge is 0.337 e. The molecule has 1 unspecified atom stereocenters. The van der Waals surface area contributed by atoms with E-state index in [0.717, 1.165) is 12.2 Å². The third kappa shape index (κ3) is 2.58. The Kier molecular flexibility index (Phi) is 2.87. The van der Waals surface area contributed by atoms with Crippen molar-refractivity contribution in [3.05, 3.63) is 0 Å². The maximum absolute atomic E-state index is 11.7. The minimum atomic E-state index is -4.75. The highest BCUT2D eigenvalue weighted by molar-refractivity contribution is 8.00. The molecule has 1 aliphatic rings. The van der Waals surface area contributed by atoms with Crippen molar-refractivity contribution in [1.82, 2.24) is 5.32 Å². The number of alkyl halides is 3. The summed E-state index contributed by atoms with van der Waals surface area (Å²) in [5, 5.41) is 1.57. The van der Waals surface area contributed by atoms with Gasteiger partial charge in [0.2, 0.25) is 0 Å². The normalized spacial score (nSPS) is 24.1. The van der Waals surface area contributed by atoms with Gasteiger partial charge in [0.15, 0.2) is 0 Å². The molecule has 1 amide bonds. The third-order valence-electron chi connectivity index (χ3n) is 1.48. The van der Waals surface area contributed by atoms with E-state index >= 15 is 0 Å². The molecule has 0 bridgehead atoms. The van der Waals surface area contributed by atoms with Crippen LogP contribution in [0.5, 0.6) is 0 Å². The number of rotatable bonds is 1. The van der Waals surface area contributed by atoms with Gasteiger partial charge in [0.25, 0.3) is 0 Å². The summed E-state index contributed by atoms with van der Waals surface area (Å²) in [7, 11) is 0. The summed E-state index contributed by atoms with van der Waals surface area (Å²) in [6.07, 6.45) is -3.25. The molecular weight excluding hydrogens is 191 g/mol. The Morgan fingerprint density at radius 2 is 2.17 bits per heavy atom. The highest BCUT2D eigenvalue weighted by Crippen LogP contribution is 2.25. The van der Waals surface area contributed by atoms with Crippen LogP contribution in [0, 0.1) is 0 Å². The molecule has 1 heterocycles. The van der Waals surface area contributed by atoms with Crippen LogP contribution in [-0.2, 0) is 4.79 Å². The lowest BCUT2D eigenvalue weighted by Crippen LogP contribution is -2.40. The van der Waals surface area contributed by atoms with Gasteiger partial charge in [-0.05, 0) is 18.6 Å². The van der Waals surface area contributed by atoms with Crippen LogP contribution in [0.15, 0.2) is 0 Å². The van der Waals surface area contributed by atoms with Crippen LogP contribution in [0.25, 0.3) is 0 Å². The summed E-state index contributed by atoms with van der Waals surface area (Å²) >= 11 is 1.35. The molecule has 0 aromatic carbocycles. The van der Waals surface area contributed by atoms with Gasteiger partial charge < -0.3 is 5.32 Å². The van der Waals surface area contributed by atoms with Crippen molar-refractivity contribution in [1.29, 1.82) is 0 Å². The minimum absolute atomic E-state index is 0.348. The van der Waals surface area contributed by atoms with E-state index in [4.69, 9.17) is 0 Å². The average molecular weight is 199 g/mol. The summed E-state index contributed by atoms with van der Waals surface area (Å²) in [6, 6.07) is 0. The zero-order valence-electron chi connectivity index (χ0n) is 6.15. The van der Waals surface area contributed by atoms with Gasteiger partial charge in [-0.2, -0.15) is 13.2 Å². The molecule has 0 aromatic rings. The highest BCUT2D eigenvalue weighted by Gasteiger charge is 2.40. The zero-order valence-corrected chi connectivity index (χ0v) is 6.97. The summed E-state index contributed by atoms with van der Waals surface area (Å²) in [4.78, 5) is 10.4. The summed E-state index contributed by atoms with van der Waals surface area (Å²) in [5.41, 5.74) is 0. The lowest BCUT2D eigenvalue weighted by Gasteiger charge is -2.12. The van der Waals surface area contributed by atoms with Gasteiger partial charge in [-0.15, -0.1) is 11.8 Å². The van der Waals surface area contributed by atoms with Crippen molar-refractivity contribution in [3.63, 3.8) is 0 Å². The van der Waals surface area contributed by atoms with Gasteiger partial charge in [-0.25, -0.2) is 0 Å². The van der Waals surface area contributed by atoms with Gasteiger partial charge >= 0.3 is 12.1 Å². The minimum Gasteiger partial charge on any atom is -0.337 e. The quantitative estimate of drug-likeness (QED) is 0.693. The van der Waals surface area contributed by atoms with Gasteiger partial charge in [0, 0.05) is 0 Å². The van der Waals surface area contributed by atoms with Gasteiger partial charge in [0.05, 0.1) is 5.37 Å². The summed E-state index contributed by atoms with van der Waals surface area (Å²) in [5.74, 6) is -1.01. The fraction of sp³-hybridized carbons (Fsp3) is 0.833. The summed E-state index contributed by atoms with van der Waals surface area (Å²) < 4.78 is 35.0. The van der Waals surface area contributed by atoms with Crippen LogP contribution in [0.2, 0.25) is 0 Å². The first-order chi connectivity index (χ1) is 5.50. The van der Waals surface area contributed by atoms with E-state index in [9.17, 15) is 18.0 Å². The molecule has 0 saturated carbocycles. The van der Waals surface area contributed by atoms with E-state index in [2.05, 4.69) is 0 Å². The van der Waals surface area contributed by atoms with Crippen LogP contribution in [-0.4, -0.2) is 23.2 Å². The Labute approximate surface area is 71.9 Å². The fourth-order valence-electron chi connectivity index (χ4n) is 0.920. The Morgan fingerprint density at radius 3 is 2.58 bits per heavy atom. The molecule has 6 heteroatoms. The second-order valence-electron chi connectivity index (χ2n) is 2.47. The van der Waals surface area contributed by atoms with Crippen LogP contribution in [0.4, 0.5) is 13.2 Å². The van der Waals surface area contributed by atoms with Gasteiger partial charge in [-0.3, -0.25) is 4.79 Å². The third-order valence-corrected chi connectivity index (χ3v) is 2.76. The number of thioether (sulfide) groups is 1. The largest absolute Gasteiger partial charge is 0.471 e. The molecule has 70 valence electrons. The van der Waals surface area contributed by atoms with E-state index in [0.29, 0.717) is 6.42 Å². The predicted molar refractivity (Wildman–Crippen MR) is 39.7 cm³/mol. The first-order valence-electron chi connectivity index (χ1n) is 3.49. The van der Waals surface area contributed by atoms with Crippen LogP contribution >= 0.6 is 11.8 Å². The second kappa shape index (κ2) is 3.55. The molecule has 0 aromatic heterocycles. The SMILES string of the molecule is O=C(NC1CCCS1)C(F)(F)F. The Bertz CT molecular complexity index is 176. The topological polar surface area (TPSA) is 29.1 Å². The molecule has 2 nitrogen and oxygen atoms in total. The molecule has 1 fully saturated rings. The van der Waals surface area contributed by atoms with E-state index < -0.39 is 12.1 Å². The maximum atomic E-state index is 11.7. The van der Waals surface area contributed by atoms with Crippen molar-refractivity contribution in [3.8, 4) is 0 Å². The molecule has 0 radical (unpaired) electrons. The van der Waals surface area contributed by atoms with Crippen molar-refractivity contribution in [2.75, 3.05) is 5.75 Å². The van der Waals surface area contributed by atoms with Crippen molar-refractivity contribution >= 4 is 17.7 Å². The Balaban J connectivity index is 2.35. The predicted octanol–water partition coefficient (Wildman–Crippen LogP) is 1.52. The van der Waals surface area contributed by atoms with E-state index in [-0.39, 0.29) is 5.37 Å². The van der Waals surface area contributed by atoms with E-state index in [1.807, 2.05) is 5.32 Å². The molecule has 1 aliphatic heterocycles. The van der Waals surface area contributed by atoms with Gasteiger partial charge in [-0.1, -0.05) is 0 Å². The Hall–Kier alpha value is -0.390. The van der Waals surface area contributed by atoms with Crippen LogP contribution in [0.3, 0.4) is 0 Å². The van der Waals surface area contributed by atoms with Crippen molar-refractivity contribution < 1.29 is 18.0 Å². The number of nitrogens with one attached hydrogen (secondary N) is 1. The maximum Gasteiger partial charge on any atom is 0.471 e. The molecule has 1 saturated heterocycles. The lowest BCUT2D eigenvalue weighted by atomic mass is 10.3. The first kappa shape index (κ1) is 9.70. The monoisotopic (exact) mass is 199 g/mol. The number of halogens is 3. The van der Waals surface area contributed by atoms with Crippen LogP contribution < -0.4 is 5.32 Å². The zero-order chi connectivity index (χ0) is 9.19. The molecule has 12 heavy (non-hydrogen) atoms. The molecule has 1 atom stereocenters. The number of carbonyl (C=O) groups is 1. The second-order valence-corrected chi connectivity index (χ2v) is 3.78. The van der Waals surface area contributed by atoms with Crippen molar-refractivity contribution in [2.24, 2.45) is 0 Å². The number of amides is 1. The van der Waals surface area contributed by atoms with Crippen molar-refractivity contribution in [2.45, 2.75) is 24.4 Å². The standard InChI is InChI=1S/C6H8F3NOS/c7-6(8,9)5(11)10-4-2-1-3-12-4/h4H,1-3H2,(H,10,11). The lowest BCUT2D eigenvalue weighted by molar-refractivity contribution is -0.173. The number of hydrogen-bond acceptors (Lipinski definition) is 2.